The third kappa shape index (κ3) is 3.04. The quantitative estimate of drug-likeness (QED) is 0.850. The second-order valence-corrected chi connectivity index (χ2v) is 4.73. The molecule has 5 heteroatoms. The molecular weight excluding hydrogens is 256 g/mol. The number of carbonyl (C=O) groups excluding carboxylic acids is 1. The highest BCUT2D eigenvalue weighted by Crippen LogP contribution is 2.24. The Morgan fingerprint density at radius 1 is 1.35 bits per heavy atom. The fourth-order valence-corrected chi connectivity index (χ4v) is 2.22. The first-order valence-corrected chi connectivity index (χ1v) is 6.76. The smallest absolute Gasteiger partial charge is 0.305 e. The number of esters is 1. The van der Waals surface area contributed by atoms with Gasteiger partial charge in [0.2, 0.25) is 0 Å². The molecule has 1 aromatic heterocycles. The van der Waals surface area contributed by atoms with Crippen molar-refractivity contribution in [2.75, 3.05) is 6.61 Å². The van der Waals surface area contributed by atoms with E-state index < -0.39 is 0 Å². The van der Waals surface area contributed by atoms with E-state index in [-0.39, 0.29) is 17.4 Å². The topological polar surface area (TPSA) is 72.0 Å². The van der Waals surface area contributed by atoms with Crippen LogP contribution in [0.3, 0.4) is 0 Å². The van der Waals surface area contributed by atoms with Gasteiger partial charge in [0, 0.05) is 17.7 Å². The largest absolute Gasteiger partial charge is 0.466 e. The Labute approximate surface area is 117 Å². The van der Waals surface area contributed by atoms with Gasteiger partial charge in [-0.05, 0) is 19.4 Å². The minimum Gasteiger partial charge on any atom is -0.466 e. The Hall–Kier alpha value is -2.17. The van der Waals surface area contributed by atoms with Crippen molar-refractivity contribution >= 4 is 16.7 Å². The molecule has 2 rings (SSSR count). The van der Waals surface area contributed by atoms with E-state index in [0.29, 0.717) is 24.8 Å². The summed E-state index contributed by atoms with van der Waals surface area (Å²) in [7, 11) is 0. The van der Waals surface area contributed by atoms with Crippen molar-refractivity contribution in [3.63, 3.8) is 0 Å². The third-order valence-corrected chi connectivity index (χ3v) is 3.28. The number of aromatic nitrogens is 2. The third-order valence-electron chi connectivity index (χ3n) is 3.28. The molecule has 0 aliphatic heterocycles. The number of ether oxygens (including phenoxy) is 1. The van der Waals surface area contributed by atoms with Crippen LogP contribution in [-0.4, -0.2) is 22.8 Å². The van der Waals surface area contributed by atoms with Crippen molar-refractivity contribution in [2.45, 2.75) is 32.6 Å². The molecule has 5 nitrogen and oxygen atoms in total. The van der Waals surface area contributed by atoms with E-state index in [9.17, 15) is 9.59 Å². The average molecular weight is 274 g/mol. The number of nitrogens with zero attached hydrogens (tertiary/aromatic N) is 1. The van der Waals surface area contributed by atoms with Crippen LogP contribution in [0, 0.1) is 0 Å². The first-order chi connectivity index (χ1) is 9.63. The second kappa shape index (κ2) is 6.32. The summed E-state index contributed by atoms with van der Waals surface area (Å²) in [6.07, 6.45) is 0.992. The summed E-state index contributed by atoms with van der Waals surface area (Å²) in [6.45, 7) is 4.18. The molecule has 0 aliphatic rings. The fourth-order valence-electron chi connectivity index (χ4n) is 2.22. The summed E-state index contributed by atoms with van der Waals surface area (Å²) in [4.78, 5) is 23.1. The number of hydrogen-bond donors (Lipinski definition) is 1. The van der Waals surface area contributed by atoms with Gasteiger partial charge < -0.3 is 4.74 Å². The first kappa shape index (κ1) is 14.2. The minimum atomic E-state index is -0.201. The van der Waals surface area contributed by atoms with Crippen LogP contribution in [-0.2, 0) is 9.53 Å². The Kier molecular flexibility index (Phi) is 4.50. The molecule has 0 aliphatic carbocycles. The predicted molar refractivity (Wildman–Crippen MR) is 76.6 cm³/mol. The van der Waals surface area contributed by atoms with Gasteiger partial charge in [0.1, 0.15) is 0 Å². The molecule has 1 N–H and O–H groups in total. The molecule has 0 amide bonds. The van der Waals surface area contributed by atoms with Gasteiger partial charge in [-0.25, -0.2) is 5.10 Å². The van der Waals surface area contributed by atoms with Crippen LogP contribution in [0.4, 0.5) is 0 Å². The van der Waals surface area contributed by atoms with Crippen molar-refractivity contribution < 1.29 is 9.53 Å². The Bertz CT molecular complexity index is 663. The fraction of sp³-hybridized carbons (Fsp3) is 0.400. The Balaban J connectivity index is 2.22. The van der Waals surface area contributed by atoms with E-state index in [1.807, 2.05) is 25.1 Å². The zero-order valence-electron chi connectivity index (χ0n) is 11.7. The van der Waals surface area contributed by atoms with Gasteiger partial charge in [-0.15, -0.1) is 0 Å². The molecular formula is C15H18N2O3. The molecule has 106 valence electrons. The summed E-state index contributed by atoms with van der Waals surface area (Å²) >= 11 is 0. The molecule has 1 unspecified atom stereocenters. The number of H-pyrrole nitrogens is 1. The van der Waals surface area contributed by atoms with E-state index in [1.54, 1.807) is 13.0 Å². The van der Waals surface area contributed by atoms with Crippen LogP contribution < -0.4 is 5.56 Å². The minimum absolute atomic E-state index is 0.0705. The highest BCUT2D eigenvalue weighted by molar-refractivity contribution is 5.83. The zero-order valence-corrected chi connectivity index (χ0v) is 11.7. The van der Waals surface area contributed by atoms with Crippen LogP contribution in [0.5, 0.6) is 0 Å². The Morgan fingerprint density at radius 2 is 2.05 bits per heavy atom. The highest BCUT2D eigenvalue weighted by atomic mass is 16.5. The molecule has 1 heterocycles. The van der Waals surface area contributed by atoms with Crippen LogP contribution in [0.1, 0.15) is 38.3 Å². The van der Waals surface area contributed by atoms with Crippen LogP contribution in [0.25, 0.3) is 10.8 Å². The summed E-state index contributed by atoms with van der Waals surface area (Å²) in [5.41, 5.74) is 0.617. The van der Waals surface area contributed by atoms with Crippen LogP contribution in [0.15, 0.2) is 29.1 Å². The van der Waals surface area contributed by atoms with Crippen LogP contribution >= 0.6 is 0 Å². The molecule has 0 bridgehead atoms. The lowest BCUT2D eigenvalue weighted by Crippen LogP contribution is -2.13. The zero-order chi connectivity index (χ0) is 14.5. The maximum absolute atomic E-state index is 11.7. The van der Waals surface area contributed by atoms with Crippen molar-refractivity contribution in [3.05, 3.63) is 40.3 Å². The number of carbonyl (C=O) groups is 1. The number of rotatable bonds is 5. The maximum atomic E-state index is 11.7. The molecule has 1 atom stereocenters. The van der Waals surface area contributed by atoms with Gasteiger partial charge in [0.15, 0.2) is 0 Å². The Morgan fingerprint density at radius 3 is 2.75 bits per heavy atom. The van der Waals surface area contributed by atoms with Gasteiger partial charge in [-0.2, -0.15) is 5.10 Å². The summed E-state index contributed by atoms with van der Waals surface area (Å²) in [5.74, 6) is -0.130. The molecule has 0 saturated heterocycles. The lowest BCUT2D eigenvalue weighted by Gasteiger charge is -2.12. The lowest BCUT2D eigenvalue weighted by molar-refractivity contribution is -0.143. The van der Waals surface area contributed by atoms with Gasteiger partial charge >= 0.3 is 5.97 Å². The van der Waals surface area contributed by atoms with Gasteiger partial charge in [0.25, 0.3) is 5.56 Å². The molecule has 20 heavy (non-hydrogen) atoms. The van der Waals surface area contributed by atoms with Gasteiger partial charge in [-0.1, -0.05) is 25.1 Å². The van der Waals surface area contributed by atoms with Gasteiger partial charge in [0.05, 0.1) is 17.7 Å². The number of aromatic amines is 1. The highest BCUT2D eigenvalue weighted by Gasteiger charge is 2.15. The number of benzene rings is 1. The molecule has 0 saturated carbocycles. The first-order valence-electron chi connectivity index (χ1n) is 6.76. The van der Waals surface area contributed by atoms with E-state index in [0.717, 1.165) is 11.1 Å². The lowest BCUT2D eigenvalue weighted by atomic mass is 9.97. The van der Waals surface area contributed by atoms with E-state index in [4.69, 9.17) is 4.74 Å². The van der Waals surface area contributed by atoms with Crippen molar-refractivity contribution in [1.29, 1.82) is 0 Å². The van der Waals surface area contributed by atoms with E-state index in [2.05, 4.69) is 10.2 Å². The second-order valence-electron chi connectivity index (χ2n) is 4.73. The summed E-state index contributed by atoms with van der Waals surface area (Å²) < 4.78 is 4.92. The normalized spacial score (nSPS) is 12.3. The predicted octanol–water partition coefficient (Wildman–Crippen LogP) is 2.37. The average Bonchev–Trinajstić information content (AvgIpc) is 2.46. The molecule has 0 fully saturated rings. The SMILES string of the molecule is CCOC(=O)CCC(C)c1n[nH]c(=O)c2ccccc12. The van der Waals surface area contributed by atoms with Crippen molar-refractivity contribution in [1.82, 2.24) is 10.2 Å². The van der Waals surface area contributed by atoms with Crippen molar-refractivity contribution in [2.24, 2.45) is 0 Å². The summed E-state index contributed by atoms with van der Waals surface area (Å²) in [5, 5.41) is 8.12. The number of hydrogen-bond acceptors (Lipinski definition) is 4. The maximum Gasteiger partial charge on any atom is 0.305 e. The van der Waals surface area contributed by atoms with Crippen molar-refractivity contribution in [3.8, 4) is 0 Å². The van der Waals surface area contributed by atoms with Crippen LogP contribution in [0.2, 0.25) is 0 Å². The van der Waals surface area contributed by atoms with E-state index >= 15 is 0 Å². The summed E-state index contributed by atoms with van der Waals surface area (Å²) in [6, 6.07) is 7.36. The number of fused-ring (bicyclic) bond motifs is 1. The standard InChI is InChI=1S/C15H18N2O3/c1-3-20-13(18)9-8-10(2)14-11-6-4-5-7-12(11)15(19)17-16-14/h4-7,10H,3,8-9H2,1-2H3,(H,17,19). The van der Waals surface area contributed by atoms with E-state index in [1.165, 1.54) is 0 Å². The number of nitrogens with one attached hydrogen (secondary N) is 1. The molecule has 0 spiro atoms. The molecule has 0 radical (unpaired) electrons. The van der Waals surface area contributed by atoms with Gasteiger partial charge in [-0.3, -0.25) is 9.59 Å². The molecule has 2 aromatic rings. The molecule has 1 aromatic carbocycles. The monoisotopic (exact) mass is 274 g/mol.